The van der Waals surface area contributed by atoms with Crippen LogP contribution in [0.25, 0.3) is 11.1 Å². The molecule has 1 aromatic heterocycles. The van der Waals surface area contributed by atoms with Crippen molar-refractivity contribution in [3.05, 3.63) is 63.6 Å². The van der Waals surface area contributed by atoms with Crippen LogP contribution in [0.5, 0.6) is 0 Å². The smallest absolute Gasteiger partial charge is 0.408 e. The van der Waals surface area contributed by atoms with E-state index in [1.54, 1.807) is 30.3 Å². The number of fused-ring (bicyclic) bond motifs is 1. The van der Waals surface area contributed by atoms with Gasteiger partial charge in [0.25, 0.3) is 0 Å². The van der Waals surface area contributed by atoms with Crippen LogP contribution < -0.4 is 10.5 Å². The topological polar surface area (TPSA) is 92.2 Å². The minimum atomic E-state index is -3.66. The van der Waals surface area contributed by atoms with Gasteiger partial charge in [-0.3, -0.25) is 4.98 Å². The number of nitrogens with one attached hydrogen (secondary N) is 2. The molecule has 6 nitrogen and oxygen atoms in total. The highest BCUT2D eigenvalue weighted by Crippen LogP contribution is 2.16. The number of rotatable bonds is 4. The van der Waals surface area contributed by atoms with Gasteiger partial charge in [-0.25, -0.2) is 17.9 Å². The first kappa shape index (κ1) is 14.8. The van der Waals surface area contributed by atoms with Crippen LogP contribution in [0.1, 0.15) is 5.56 Å². The molecule has 0 bridgehead atoms. The van der Waals surface area contributed by atoms with Crippen LogP contribution in [0.2, 0.25) is 5.02 Å². The summed E-state index contributed by atoms with van der Waals surface area (Å²) in [5.41, 5.74) is 1.61. The normalized spacial score (nSPS) is 11.9. The van der Waals surface area contributed by atoms with E-state index in [0.29, 0.717) is 21.7 Å². The minimum Gasteiger partial charge on any atom is -0.408 e. The lowest BCUT2D eigenvalue weighted by atomic mass is 10.2. The second-order valence-electron chi connectivity index (χ2n) is 4.63. The lowest BCUT2D eigenvalue weighted by Crippen LogP contribution is -2.23. The Bertz CT molecular complexity index is 991. The third-order valence-corrected chi connectivity index (χ3v) is 4.69. The first-order valence-electron chi connectivity index (χ1n) is 6.31. The Balaban J connectivity index is 1.82. The predicted molar refractivity (Wildman–Crippen MR) is 82.3 cm³/mol. The monoisotopic (exact) mass is 338 g/mol. The number of H-pyrrole nitrogens is 1. The third-order valence-electron chi connectivity index (χ3n) is 3.06. The van der Waals surface area contributed by atoms with Gasteiger partial charge in [-0.15, -0.1) is 0 Å². The molecule has 0 saturated carbocycles. The zero-order valence-corrected chi connectivity index (χ0v) is 12.7. The van der Waals surface area contributed by atoms with E-state index in [1.165, 1.54) is 12.1 Å². The van der Waals surface area contributed by atoms with Crippen molar-refractivity contribution < 1.29 is 12.8 Å². The zero-order chi connectivity index (χ0) is 15.7. The fraction of sp³-hybridized carbons (Fsp3) is 0.0714. The number of oxazole rings is 1. The van der Waals surface area contributed by atoms with Crippen molar-refractivity contribution in [3.8, 4) is 0 Å². The number of hydrogen-bond donors (Lipinski definition) is 2. The fourth-order valence-corrected chi connectivity index (χ4v) is 3.31. The van der Waals surface area contributed by atoms with E-state index in [4.69, 9.17) is 16.0 Å². The van der Waals surface area contributed by atoms with Crippen molar-refractivity contribution in [2.45, 2.75) is 11.4 Å². The molecule has 0 radical (unpaired) electrons. The first-order chi connectivity index (χ1) is 10.4. The molecule has 0 unspecified atom stereocenters. The van der Waals surface area contributed by atoms with Gasteiger partial charge in [0.15, 0.2) is 5.58 Å². The summed E-state index contributed by atoms with van der Waals surface area (Å²) in [7, 11) is -3.66. The van der Waals surface area contributed by atoms with Crippen molar-refractivity contribution in [3.63, 3.8) is 0 Å². The molecule has 0 aliphatic rings. The fourth-order valence-electron chi connectivity index (χ4n) is 2.00. The Morgan fingerprint density at radius 2 is 2.00 bits per heavy atom. The number of aromatic nitrogens is 1. The van der Waals surface area contributed by atoms with Crippen LogP contribution in [0.15, 0.2) is 56.6 Å². The molecule has 3 aromatic rings. The van der Waals surface area contributed by atoms with Gasteiger partial charge in [-0.2, -0.15) is 0 Å². The highest BCUT2D eigenvalue weighted by molar-refractivity contribution is 7.89. The summed E-state index contributed by atoms with van der Waals surface area (Å²) in [6.07, 6.45) is 0. The van der Waals surface area contributed by atoms with Gasteiger partial charge in [-0.05, 0) is 35.9 Å². The lowest BCUT2D eigenvalue weighted by molar-refractivity contribution is 0.554. The molecule has 22 heavy (non-hydrogen) atoms. The molecule has 3 rings (SSSR count). The van der Waals surface area contributed by atoms with Crippen molar-refractivity contribution in [1.82, 2.24) is 9.71 Å². The summed E-state index contributed by atoms with van der Waals surface area (Å²) in [5.74, 6) is -0.549. The number of hydrogen-bond acceptors (Lipinski definition) is 4. The minimum absolute atomic E-state index is 0.0691. The van der Waals surface area contributed by atoms with E-state index in [2.05, 4.69) is 9.71 Å². The molecule has 0 aliphatic heterocycles. The molecule has 0 fully saturated rings. The second-order valence-corrected chi connectivity index (χ2v) is 6.83. The molecule has 0 aliphatic carbocycles. The second kappa shape index (κ2) is 5.60. The Morgan fingerprint density at radius 1 is 1.18 bits per heavy atom. The summed E-state index contributed by atoms with van der Waals surface area (Å²) >= 11 is 5.80. The molecule has 8 heteroatoms. The molecule has 1 heterocycles. The van der Waals surface area contributed by atoms with Crippen molar-refractivity contribution in [2.75, 3.05) is 0 Å². The molecule has 0 amide bonds. The van der Waals surface area contributed by atoms with Gasteiger partial charge < -0.3 is 4.42 Å². The highest BCUT2D eigenvalue weighted by Gasteiger charge is 2.14. The summed E-state index contributed by atoms with van der Waals surface area (Å²) in [6, 6.07) is 11.0. The summed E-state index contributed by atoms with van der Waals surface area (Å²) in [6.45, 7) is 0.0691. The molecule has 0 saturated heterocycles. The Labute approximate surface area is 130 Å². The summed E-state index contributed by atoms with van der Waals surface area (Å²) in [4.78, 5) is 13.7. The Hall–Kier alpha value is -2.09. The molecular formula is C14H11ClN2O4S. The molecule has 114 valence electrons. The SMILES string of the molecule is O=c1[nH]c2ccc(CNS(=O)(=O)c3cccc(Cl)c3)cc2o1. The van der Waals surface area contributed by atoms with Crippen LogP contribution in [0, 0.1) is 0 Å². The number of benzene rings is 2. The predicted octanol–water partition coefficient (Wildman–Crippen LogP) is 2.25. The number of halogens is 1. The Morgan fingerprint density at radius 3 is 2.77 bits per heavy atom. The maximum absolute atomic E-state index is 12.2. The summed E-state index contributed by atoms with van der Waals surface area (Å²) < 4.78 is 31.8. The van der Waals surface area contributed by atoms with E-state index >= 15 is 0 Å². The van der Waals surface area contributed by atoms with Gasteiger partial charge >= 0.3 is 5.76 Å². The highest BCUT2D eigenvalue weighted by atomic mass is 35.5. The average Bonchev–Trinajstić information content (AvgIpc) is 2.84. The third kappa shape index (κ3) is 3.06. The van der Waals surface area contributed by atoms with Crippen LogP contribution in [0.4, 0.5) is 0 Å². The maximum Gasteiger partial charge on any atom is 0.417 e. The molecule has 2 aromatic carbocycles. The first-order valence-corrected chi connectivity index (χ1v) is 8.17. The molecular weight excluding hydrogens is 328 g/mol. The van der Waals surface area contributed by atoms with Crippen molar-refractivity contribution in [2.24, 2.45) is 0 Å². The van der Waals surface area contributed by atoms with Crippen LogP contribution in [0.3, 0.4) is 0 Å². The van der Waals surface area contributed by atoms with Crippen LogP contribution in [-0.2, 0) is 16.6 Å². The van der Waals surface area contributed by atoms with E-state index in [9.17, 15) is 13.2 Å². The van der Waals surface area contributed by atoms with Gasteiger partial charge in [0.2, 0.25) is 10.0 Å². The van der Waals surface area contributed by atoms with E-state index in [0.717, 1.165) is 0 Å². The van der Waals surface area contributed by atoms with Crippen molar-refractivity contribution >= 4 is 32.7 Å². The Kier molecular flexibility index (Phi) is 3.78. The van der Waals surface area contributed by atoms with Crippen molar-refractivity contribution in [1.29, 1.82) is 0 Å². The van der Waals surface area contributed by atoms with Crippen LogP contribution in [-0.4, -0.2) is 13.4 Å². The van der Waals surface area contributed by atoms with Gasteiger partial charge in [0.05, 0.1) is 10.4 Å². The zero-order valence-electron chi connectivity index (χ0n) is 11.2. The van der Waals surface area contributed by atoms with E-state index in [1.807, 2.05) is 0 Å². The van der Waals surface area contributed by atoms with E-state index in [-0.39, 0.29) is 11.4 Å². The maximum atomic E-state index is 12.2. The molecule has 0 spiro atoms. The largest absolute Gasteiger partial charge is 0.417 e. The summed E-state index contributed by atoms with van der Waals surface area (Å²) in [5, 5.41) is 0.346. The quantitative estimate of drug-likeness (QED) is 0.763. The number of aromatic amines is 1. The van der Waals surface area contributed by atoms with Gasteiger partial charge in [0, 0.05) is 11.6 Å². The number of sulfonamides is 1. The van der Waals surface area contributed by atoms with Crippen LogP contribution >= 0.6 is 11.6 Å². The van der Waals surface area contributed by atoms with Gasteiger partial charge in [-0.1, -0.05) is 23.7 Å². The van der Waals surface area contributed by atoms with Gasteiger partial charge in [0.1, 0.15) is 0 Å². The molecule has 0 atom stereocenters. The molecule has 2 N–H and O–H groups in total. The lowest BCUT2D eigenvalue weighted by Gasteiger charge is -2.07. The van der Waals surface area contributed by atoms with E-state index < -0.39 is 15.8 Å². The average molecular weight is 339 g/mol. The standard InChI is InChI=1S/C14H11ClN2O4S/c15-10-2-1-3-11(7-10)22(19,20)16-8-9-4-5-12-13(6-9)21-14(18)17-12/h1-7,16H,8H2,(H,17,18).